The van der Waals surface area contributed by atoms with Gasteiger partial charge in [0, 0.05) is 43.3 Å². The Kier molecular flexibility index (Phi) is 23.1. The van der Waals surface area contributed by atoms with Gasteiger partial charge in [0.2, 0.25) is 0 Å². The standard InChI is InChI=1S/C18H34O2.Tm/c1-2-3-4-5-6-7-8-9-10-11-12-13-14-15-16-17-18(19)20;/h9-10H,2-8,11-17H2,1H3,(H,19,20);. The number of hydrogen-bond acceptors (Lipinski definition) is 1. The maximum absolute atomic E-state index is 10.3. The van der Waals surface area contributed by atoms with Crippen LogP contribution in [0.3, 0.4) is 0 Å². The van der Waals surface area contributed by atoms with Crippen LogP contribution in [0.1, 0.15) is 96.8 Å². The predicted molar refractivity (Wildman–Crippen MR) is 87.1 cm³/mol. The molecule has 0 aromatic carbocycles. The average molecular weight is 451 g/mol. The van der Waals surface area contributed by atoms with Crippen molar-refractivity contribution in [3.05, 3.63) is 12.2 Å². The number of carboxylic acid groups (broad SMARTS) is 1. The molecule has 0 saturated carbocycles. The Morgan fingerprint density at radius 1 is 0.762 bits per heavy atom. The summed E-state index contributed by atoms with van der Waals surface area (Å²) in [5, 5.41) is 8.51. The van der Waals surface area contributed by atoms with Crippen molar-refractivity contribution >= 4 is 5.97 Å². The second kappa shape index (κ2) is 20.4. The molecule has 0 aliphatic heterocycles. The van der Waals surface area contributed by atoms with E-state index in [2.05, 4.69) is 19.1 Å². The predicted octanol–water partition coefficient (Wildman–Crippen LogP) is 6.11. The van der Waals surface area contributed by atoms with Crippen molar-refractivity contribution in [2.45, 2.75) is 96.8 Å². The molecule has 21 heavy (non-hydrogen) atoms. The van der Waals surface area contributed by atoms with E-state index in [0.717, 1.165) is 12.8 Å². The minimum Gasteiger partial charge on any atom is -0.481 e. The van der Waals surface area contributed by atoms with Gasteiger partial charge in [-0.25, -0.2) is 0 Å². The fraction of sp³-hybridized carbons (Fsp3) is 0.833. The van der Waals surface area contributed by atoms with E-state index in [9.17, 15) is 4.79 Å². The summed E-state index contributed by atoms with van der Waals surface area (Å²) in [5.74, 6) is -0.664. The fourth-order valence-corrected chi connectivity index (χ4v) is 2.35. The van der Waals surface area contributed by atoms with E-state index in [1.54, 1.807) is 0 Å². The molecule has 0 spiro atoms. The second-order valence-corrected chi connectivity index (χ2v) is 5.73. The van der Waals surface area contributed by atoms with Gasteiger partial charge in [-0.15, -0.1) is 0 Å². The minimum atomic E-state index is -0.664. The zero-order valence-corrected chi connectivity index (χ0v) is 15.5. The van der Waals surface area contributed by atoms with Crippen LogP contribution in [0.5, 0.6) is 0 Å². The van der Waals surface area contributed by atoms with Gasteiger partial charge in [-0.3, -0.25) is 4.79 Å². The van der Waals surface area contributed by atoms with E-state index < -0.39 is 5.97 Å². The van der Waals surface area contributed by atoms with Crippen molar-refractivity contribution in [2.75, 3.05) is 0 Å². The molecule has 0 rings (SSSR count). The third kappa shape index (κ3) is 22.9. The third-order valence-corrected chi connectivity index (χ3v) is 3.65. The molecular formula is C18H34O2Tm. The van der Waals surface area contributed by atoms with Crippen LogP contribution in [0.15, 0.2) is 12.2 Å². The quantitative estimate of drug-likeness (QED) is 0.241. The number of carboxylic acids is 1. The van der Waals surface area contributed by atoms with Gasteiger partial charge in [-0.2, -0.15) is 0 Å². The number of allylic oxidation sites excluding steroid dienone is 2. The van der Waals surface area contributed by atoms with Crippen LogP contribution >= 0.6 is 0 Å². The summed E-state index contributed by atoms with van der Waals surface area (Å²) in [6.45, 7) is 2.26. The molecule has 3 heteroatoms. The molecule has 0 aromatic rings. The number of rotatable bonds is 15. The molecule has 0 heterocycles. The van der Waals surface area contributed by atoms with Gasteiger partial charge in [0.25, 0.3) is 0 Å². The molecule has 0 aliphatic carbocycles. The molecule has 1 N–H and O–H groups in total. The van der Waals surface area contributed by atoms with Crippen LogP contribution in [0.4, 0.5) is 0 Å². The topological polar surface area (TPSA) is 37.3 Å². The fourth-order valence-electron chi connectivity index (χ4n) is 2.35. The van der Waals surface area contributed by atoms with Gasteiger partial charge in [0.05, 0.1) is 0 Å². The first-order valence-electron chi connectivity index (χ1n) is 8.64. The molecule has 0 unspecified atom stereocenters. The molecule has 0 fully saturated rings. The van der Waals surface area contributed by atoms with Gasteiger partial charge in [0.1, 0.15) is 0 Å². The first-order chi connectivity index (χ1) is 9.77. The summed E-state index contributed by atoms with van der Waals surface area (Å²) >= 11 is 0. The Morgan fingerprint density at radius 2 is 1.19 bits per heavy atom. The Bertz CT molecular complexity index is 239. The van der Waals surface area contributed by atoms with E-state index in [4.69, 9.17) is 5.11 Å². The zero-order chi connectivity index (χ0) is 14.9. The van der Waals surface area contributed by atoms with Crippen LogP contribution in [-0.4, -0.2) is 11.1 Å². The second-order valence-electron chi connectivity index (χ2n) is 5.73. The van der Waals surface area contributed by atoms with Gasteiger partial charge in [0.15, 0.2) is 0 Å². The first-order valence-corrected chi connectivity index (χ1v) is 8.64. The SMILES string of the molecule is CCCCCCCCC=CCCCCCCCC(=O)O.[Tm]. The van der Waals surface area contributed by atoms with Crippen molar-refractivity contribution < 1.29 is 46.8 Å². The van der Waals surface area contributed by atoms with Crippen LogP contribution in [0.25, 0.3) is 0 Å². The summed E-state index contributed by atoms with van der Waals surface area (Å²) in [5.41, 5.74) is 0. The van der Waals surface area contributed by atoms with Crippen molar-refractivity contribution in [2.24, 2.45) is 0 Å². The molecule has 0 atom stereocenters. The van der Waals surface area contributed by atoms with Gasteiger partial charge in [-0.05, 0) is 32.1 Å². The average Bonchev–Trinajstić information content (AvgIpc) is 2.43. The van der Waals surface area contributed by atoms with E-state index >= 15 is 0 Å². The molecule has 0 saturated heterocycles. The smallest absolute Gasteiger partial charge is 0.303 e. The van der Waals surface area contributed by atoms with Gasteiger partial charge in [-0.1, -0.05) is 70.4 Å². The number of unbranched alkanes of at least 4 members (excludes halogenated alkanes) is 11. The Labute approximate surface area is 161 Å². The molecule has 0 aromatic heterocycles. The van der Waals surface area contributed by atoms with Crippen molar-refractivity contribution in [3.63, 3.8) is 0 Å². The summed E-state index contributed by atoms with van der Waals surface area (Å²) in [6.07, 6.45) is 21.2. The molecule has 0 bridgehead atoms. The minimum absolute atomic E-state index is 0. The molecule has 0 amide bonds. The molecular weight excluding hydrogens is 417 g/mol. The number of hydrogen-bond donors (Lipinski definition) is 1. The zero-order valence-electron chi connectivity index (χ0n) is 13.7. The summed E-state index contributed by atoms with van der Waals surface area (Å²) in [6, 6.07) is 0. The Hall–Kier alpha value is 0.444. The van der Waals surface area contributed by atoms with Crippen LogP contribution in [-0.2, 0) is 4.79 Å². The summed E-state index contributed by atoms with van der Waals surface area (Å²) in [4.78, 5) is 10.3. The van der Waals surface area contributed by atoms with E-state index in [0.29, 0.717) is 6.42 Å². The Morgan fingerprint density at radius 3 is 1.67 bits per heavy atom. The van der Waals surface area contributed by atoms with Crippen molar-refractivity contribution in [3.8, 4) is 0 Å². The first kappa shape index (κ1) is 23.7. The summed E-state index contributed by atoms with van der Waals surface area (Å²) in [7, 11) is 0. The van der Waals surface area contributed by atoms with Gasteiger partial charge >= 0.3 is 5.97 Å². The molecule has 0 aliphatic rings. The molecule has 2 nitrogen and oxygen atoms in total. The van der Waals surface area contributed by atoms with E-state index in [1.807, 2.05) is 0 Å². The molecule has 1 radical (unpaired) electrons. The van der Waals surface area contributed by atoms with Gasteiger partial charge < -0.3 is 5.11 Å². The van der Waals surface area contributed by atoms with Crippen molar-refractivity contribution in [1.82, 2.24) is 0 Å². The van der Waals surface area contributed by atoms with Crippen LogP contribution < -0.4 is 0 Å². The Balaban J connectivity index is 0. The maximum Gasteiger partial charge on any atom is 0.303 e. The molecule has 131 valence electrons. The number of aliphatic carboxylic acids is 1. The monoisotopic (exact) mass is 451 g/mol. The number of carbonyl (C=O) groups is 1. The van der Waals surface area contributed by atoms with E-state index in [1.165, 1.54) is 70.6 Å². The van der Waals surface area contributed by atoms with Crippen molar-refractivity contribution in [1.29, 1.82) is 0 Å². The van der Waals surface area contributed by atoms with Crippen LogP contribution in [0, 0.1) is 36.9 Å². The summed E-state index contributed by atoms with van der Waals surface area (Å²) < 4.78 is 0. The third-order valence-electron chi connectivity index (χ3n) is 3.65. The normalized spacial score (nSPS) is 10.7. The van der Waals surface area contributed by atoms with E-state index in [-0.39, 0.29) is 36.9 Å². The maximum atomic E-state index is 10.3. The van der Waals surface area contributed by atoms with Crippen LogP contribution in [0.2, 0.25) is 0 Å². The largest absolute Gasteiger partial charge is 0.481 e.